The highest BCUT2D eigenvalue weighted by Crippen LogP contribution is 2.33. The number of carbonyl (C=O) groups is 2. The van der Waals surface area contributed by atoms with Crippen molar-refractivity contribution in [1.82, 2.24) is 9.88 Å². The van der Waals surface area contributed by atoms with Crippen LogP contribution in [0.4, 0.5) is 0 Å². The zero-order valence-electron chi connectivity index (χ0n) is 15.3. The number of rotatable bonds is 5. The van der Waals surface area contributed by atoms with Gasteiger partial charge in [0.15, 0.2) is 6.61 Å². The van der Waals surface area contributed by atoms with Gasteiger partial charge in [0.25, 0.3) is 5.91 Å². The first kappa shape index (κ1) is 18.4. The molecule has 0 spiro atoms. The van der Waals surface area contributed by atoms with Crippen LogP contribution < -0.4 is 10.5 Å². The van der Waals surface area contributed by atoms with E-state index in [1.807, 2.05) is 23.1 Å². The smallest absolute Gasteiger partial charge is 0.260 e. The Bertz CT molecular complexity index is 959. The maximum atomic E-state index is 12.4. The molecule has 2 N–H and O–H groups in total. The number of carbonyl (C=O) groups excluding carboxylic acids is 2. The van der Waals surface area contributed by atoms with Crippen molar-refractivity contribution in [2.75, 3.05) is 19.7 Å². The number of nitrogens with two attached hydrogens (primary N) is 1. The summed E-state index contributed by atoms with van der Waals surface area (Å²) in [7, 11) is 0. The van der Waals surface area contributed by atoms with Gasteiger partial charge in [-0.05, 0) is 49.2 Å². The normalized spacial score (nSPS) is 14.9. The Morgan fingerprint density at radius 3 is 2.50 bits per heavy atom. The third-order valence-electron chi connectivity index (χ3n) is 5.01. The number of fused-ring (bicyclic) bond motifs is 1. The van der Waals surface area contributed by atoms with Crippen LogP contribution in [-0.2, 0) is 4.79 Å². The van der Waals surface area contributed by atoms with Gasteiger partial charge in [-0.1, -0.05) is 12.1 Å². The summed E-state index contributed by atoms with van der Waals surface area (Å²) in [5.41, 5.74) is 6.68. The lowest BCUT2D eigenvalue weighted by Crippen LogP contribution is -2.40. The molecule has 0 saturated carbocycles. The molecule has 3 aromatic rings. The van der Waals surface area contributed by atoms with Gasteiger partial charge in [-0.3, -0.25) is 9.59 Å². The van der Waals surface area contributed by atoms with Gasteiger partial charge in [-0.25, -0.2) is 4.98 Å². The van der Waals surface area contributed by atoms with Gasteiger partial charge in [0.05, 0.1) is 15.2 Å². The number of nitrogens with zero attached hydrogens (tertiary/aromatic N) is 2. The SMILES string of the molecule is NC(=O)c1ccc(OCC(=O)N2CCC(c3nc4ccccc4s3)CC2)cc1. The van der Waals surface area contributed by atoms with Gasteiger partial charge in [-0.15, -0.1) is 11.3 Å². The minimum atomic E-state index is -0.487. The number of aromatic nitrogens is 1. The highest BCUT2D eigenvalue weighted by atomic mass is 32.1. The fourth-order valence-electron chi connectivity index (χ4n) is 3.39. The van der Waals surface area contributed by atoms with Gasteiger partial charge in [0.1, 0.15) is 5.75 Å². The summed E-state index contributed by atoms with van der Waals surface area (Å²) in [6, 6.07) is 14.7. The molecule has 2 aromatic carbocycles. The Morgan fingerprint density at radius 2 is 1.82 bits per heavy atom. The molecular formula is C21H21N3O3S. The van der Waals surface area contributed by atoms with Gasteiger partial charge >= 0.3 is 0 Å². The van der Waals surface area contributed by atoms with Crippen LogP contribution in [0.2, 0.25) is 0 Å². The summed E-state index contributed by atoms with van der Waals surface area (Å²) >= 11 is 1.75. The molecule has 0 unspecified atom stereocenters. The molecule has 7 heteroatoms. The van der Waals surface area contributed by atoms with E-state index in [-0.39, 0.29) is 12.5 Å². The predicted octanol–water partition coefficient (Wildman–Crippen LogP) is 3.18. The lowest BCUT2D eigenvalue weighted by atomic mass is 9.97. The van der Waals surface area contributed by atoms with Crippen molar-refractivity contribution in [3.8, 4) is 5.75 Å². The van der Waals surface area contributed by atoms with E-state index in [1.54, 1.807) is 35.6 Å². The quantitative estimate of drug-likeness (QED) is 0.719. The van der Waals surface area contributed by atoms with E-state index in [4.69, 9.17) is 15.5 Å². The highest BCUT2D eigenvalue weighted by molar-refractivity contribution is 7.18. The summed E-state index contributed by atoms with van der Waals surface area (Å²) in [5, 5.41) is 1.17. The first-order chi connectivity index (χ1) is 13.6. The van der Waals surface area contributed by atoms with Crippen molar-refractivity contribution in [2.24, 2.45) is 5.73 Å². The van der Waals surface area contributed by atoms with Crippen molar-refractivity contribution in [2.45, 2.75) is 18.8 Å². The van der Waals surface area contributed by atoms with Crippen molar-refractivity contribution in [1.29, 1.82) is 0 Å². The third kappa shape index (κ3) is 3.99. The van der Waals surface area contributed by atoms with E-state index < -0.39 is 5.91 Å². The van der Waals surface area contributed by atoms with Gasteiger partial charge in [-0.2, -0.15) is 0 Å². The van der Waals surface area contributed by atoms with Crippen molar-refractivity contribution >= 4 is 33.4 Å². The molecular weight excluding hydrogens is 374 g/mol. The molecule has 0 aliphatic carbocycles. The van der Waals surface area contributed by atoms with Gasteiger partial charge < -0.3 is 15.4 Å². The monoisotopic (exact) mass is 395 g/mol. The number of amides is 2. The molecule has 0 atom stereocenters. The Morgan fingerprint density at radius 1 is 1.11 bits per heavy atom. The largest absolute Gasteiger partial charge is 0.484 e. The maximum Gasteiger partial charge on any atom is 0.260 e. The van der Waals surface area contributed by atoms with E-state index in [0.717, 1.165) is 18.4 Å². The van der Waals surface area contributed by atoms with Crippen LogP contribution in [0.3, 0.4) is 0 Å². The Kier molecular flexibility index (Phi) is 5.25. The molecule has 1 saturated heterocycles. The van der Waals surface area contributed by atoms with Crippen LogP contribution in [0.25, 0.3) is 10.2 Å². The summed E-state index contributed by atoms with van der Waals surface area (Å²) in [6.45, 7) is 1.41. The second-order valence-corrected chi connectivity index (χ2v) is 7.91. The molecule has 1 aliphatic rings. The van der Waals surface area contributed by atoms with Crippen LogP contribution in [0.1, 0.15) is 34.1 Å². The van der Waals surface area contributed by atoms with E-state index in [0.29, 0.717) is 30.3 Å². The molecule has 28 heavy (non-hydrogen) atoms. The topological polar surface area (TPSA) is 85.5 Å². The number of hydrogen-bond donors (Lipinski definition) is 1. The second kappa shape index (κ2) is 7.98. The minimum Gasteiger partial charge on any atom is -0.484 e. The number of piperidine rings is 1. The molecule has 1 fully saturated rings. The standard InChI is InChI=1S/C21H21N3O3S/c22-20(26)14-5-7-16(8-6-14)27-13-19(25)24-11-9-15(10-12-24)21-23-17-3-1-2-4-18(17)28-21/h1-8,15H,9-13H2,(H2,22,26). The first-order valence-corrected chi connectivity index (χ1v) is 10.1. The molecule has 6 nitrogen and oxygen atoms in total. The third-order valence-corrected chi connectivity index (χ3v) is 6.21. The molecule has 0 bridgehead atoms. The number of benzene rings is 2. The van der Waals surface area contributed by atoms with Gasteiger partial charge in [0.2, 0.25) is 5.91 Å². The zero-order chi connectivity index (χ0) is 19.5. The lowest BCUT2D eigenvalue weighted by Gasteiger charge is -2.31. The van der Waals surface area contributed by atoms with Crippen LogP contribution in [0.15, 0.2) is 48.5 Å². The number of primary amides is 1. The zero-order valence-corrected chi connectivity index (χ0v) is 16.2. The van der Waals surface area contributed by atoms with E-state index in [1.165, 1.54) is 9.71 Å². The van der Waals surface area contributed by atoms with Crippen LogP contribution in [0.5, 0.6) is 5.75 Å². The first-order valence-electron chi connectivity index (χ1n) is 9.26. The predicted molar refractivity (Wildman–Crippen MR) is 109 cm³/mol. The number of hydrogen-bond acceptors (Lipinski definition) is 5. The van der Waals surface area contributed by atoms with Crippen LogP contribution in [-0.4, -0.2) is 41.4 Å². The maximum absolute atomic E-state index is 12.4. The van der Waals surface area contributed by atoms with E-state index in [2.05, 4.69) is 6.07 Å². The number of ether oxygens (including phenoxy) is 1. The second-order valence-electron chi connectivity index (χ2n) is 6.85. The fourth-order valence-corrected chi connectivity index (χ4v) is 4.53. The average Bonchev–Trinajstić information content (AvgIpc) is 3.16. The fraction of sp³-hybridized carbons (Fsp3) is 0.286. The van der Waals surface area contributed by atoms with E-state index >= 15 is 0 Å². The lowest BCUT2D eigenvalue weighted by molar-refractivity contribution is -0.134. The summed E-state index contributed by atoms with van der Waals surface area (Å²) in [6.07, 6.45) is 1.83. The number of thiazole rings is 1. The summed E-state index contributed by atoms with van der Waals surface area (Å²) < 4.78 is 6.77. The van der Waals surface area contributed by atoms with Crippen molar-refractivity contribution in [3.05, 3.63) is 59.1 Å². The molecule has 1 aliphatic heterocycles. The molecule has 0 radical (unpaired) electrons. The van der Waals surface area contributed by atoms with Crippen LogP contribution in [0, 0.1) is 0 Å². The van der Waals surface area contributed by atoms with Gasteiger partial charge in [0, 0.05) is 24.6 Å². The summed E-state index contributed by atoms with van der Waals surface area (Å²) in [4.78, 5) is 30.1. The Labute approximate surface area is 166 Å². The molecule has 2 heterocycles. The molecule has 4 rings (SSSR count). The minimum absolute atomic E-state index is 0.0122. The summed E-state index contributed by atoms with van der Waals surface area (Å²) in [5.74, 6) is 0.437. The number of para-hydroxylation sites is 1. The van der Waals surface area contributed by atoms with Crippen molar-refractivity contribution in [3.63, 3.8) is 0 Å². The molecule has 1 aromatic heterocycles. The Hall–Kier alpha value is -2.93. The number of likely N-dealkylation sites (tertiary alicyclic amines) is 1. The van der Waals surface area contributed by atoms with Crippen molar-refractivity contribution < 1.29 is 14.3 Å². The van der Waals surface area contributed by atoms with E-state index in [9.17, 15) is 9.59 Å². The Balaban J connectivity index is 1.29. The molecule has 144 valence electrons. The molecule has 2 amide bonds. The van der Waals surface area contributed by atoms with Crippen LogP contribution >= 0.6 is 11.3 Å². The average molecular weight is 395 g/mol. The highest BCUT2D eigenvalue weighted by Gasteiger charge is 2.26.